The van der Waals surface area contributed by atoms with Gasteiger partial charge >= 0.3 is 0 Å². The number of para-hydroxylation sites is 1. The molecule has 0 aliphatic carbocycles. The Hall–Kier alpha value is -2.30. The van der Waals surface area contributed by atoms with Crippen LogP contribution in [0.1, 0.15) is 51.0 Å². The van der Waals surface area contributed by atoms with Gasteiger partial charge in [-0.2, -0.15) is 0 Å². The quantitative estimate of drug-likeness (QED) is 0.903. The number of nitrogens with zero attached hydrogens (tertiary/aromatic N) is 2. The Bertz CT molecular complexity index is 828. The molecule has 2 aromatic rings. The van der Waals surface area contributed by atoms with Gasteiger partial charge in [0.1, 0.15) is 0 Å². The molecule has 0 bridgehead atoms. The second-order valence-corrected chi connectivity index (χ2v) is 7.93. The zero-order chi connectivity index (χ0) is 18.8. The van der Waals surface area contributed by atoms with E-state index in [0.29, 0.717) is 6.42 Å². The highest BCUT2D eigenvalue weighted by Gasteiger charge is 2.40. The number of likely N-dealkylation sites (tertiary alicyclic amines) is 2. The van der Waals surface area contributed by atoms with Gasteiger partial charge in [-0.25, -0.2) is 0 Å². The second-order valence-electron chi connectivity index (χ2n) is 7.93. The lowest BCUT2D eigenvalue weighted by atomic mass is 9.96. The van der Waals surface area contributed by atoms with Crippen LogP contribution in [-0.2, 0) is 16.0 Å². The van der Waals surface area contributed by atoms with Gasteiger partial charge in [0.15, 0.2) is 0 Å². The van der Waals surface area contributed by atoms with Crippen LogP contribution in [0.5, 0.6) is 0 Å². The summed E-state index contributed by atoms with van der Waals surface area (Å²) < 4.78 is 0. The maximum absolute atomic E-state index is 13.1. The molecule has 2 fully saturated rings. The second kappa shape index (κ2) is 7.75. The van der Waals surface area contributed by atoms with Crippen LogP contribution in [0.4, 0.5) is 0 Å². The zero-order valence-electron chi connectivity index (χ0n) is 16.1. The fourth-order valence-electron chi connectivity index (χ4n) is 4.95. The molecule has 5 nitrogen and oxygen atoms in total. The molecule has 4 rings (SSSR count). The van der Waals surface area contributed by atoms with E-state index in [0.717, 1.165) is 57.1 Å². The van der Waals surface area contributed by atoms with Crippen LogP contribution in [0.15, 0.2) is 30.5 Å². The number of benzene rings is 1. The van der Waals surface area contributed by atoms with Crippen molar-refractivity contribution in [3.8, 4) is 0 Å². The molecule has 0 spiro atoms. The standard InChI is InChI=1S/C22H29N3O2/c1-16(26)24-14-12-21-20(24)9-3-2-6-13-25(21)22(27)11-10-17-15-23-19-8-5-4-7-18(17)19/h4-5,7-8,15,20-21,23H,2-3,6,9-14H2,1H3/t20-,21+/m1/s1. The number of fused-ring (bicyclic) bond motifs is 2. The average molecular weight is 367 g/mol. The molecule has 27 heavy (non-hydrogen) atoms. The van der Waals surface area contributed by atoms with Gasteiger partial charge in [0.2, 0.25) is 11.8 Å². The molecule has 2 amide bonds. The minimum atomic E-state index is 0.147. The molecule has 2 aliphatic rings. The van der Waals surface area contributed by atoms with Crippen LogP contribution in [-0.4, -0.2) is 51.8 Å². The number of aryl methyl sites for hydroxylation is 1. The third-order valence-corrected chi connectivity index (χ3v) is 6.32. The predicted octanol–water partition coefficient (Wildman–Crippen LogP) is 3.49. The van der Waals surface area contributed by atoms with Crippen LogP contribution in [0.25, 0.3) is 10.9 Å². The minimum absolute atomic E-state index is 0.147. The lowest BCUT2D eigenvalue weighted by molar-refractivity contribution is -0.137. The molecule has 1 aromatic heterocycles. The van der Waals surface area contributed by atoms with Crippen molar-refractivity contribution in [1.29, 1.82) is 0 Å². The van der Waals surface area contributed by atoms with Crippen molar-refractivity contribution < 1.29 is 9.59 Å². The van der Waals surface area contributed by atoms with Crippen molar-refractivity contribution in [3.63, 3.8) is 0 Å². The summed E-state index contributed by atoms with van der Waals surface area (Å²) in [5, 5.41) is 1.21. The Kier molecular flexibility index (Phi) is 5.19. The van der Waals surface area contributed by atoms with Crippen molar-refractivity contribution in [1.82, 2.24) is 14.8 Å². The summed E-state index contributed by atoms with van der Waals surface area (Å²) in [6.07, 6.45) is 8.63. The first-order valence-electron chi connectivity index (χ1n) is 10.3. The van der Waals surface area contributed by atoms with Gasteiger partial charge in [0.05, 0.1) is 12.1 Å². The number of H-pyrrole nitrogens is 1. The smallest absolute Gasteiger partial charge is 0.223 e. The molecule has 2 saturated heterocycles. The minimum Gasteiger partial charge on any atom is -0.361 e. The number of carbonyl (C=O) groups excluding carboxylic acids is 2. The number of aromatic nitrogens is 1. The fraction of sp³-hybridized carbons (Fsp3) is 0.545. The van der Waals surface area contributed by atoms with Crippen LogP contribution < -0.4 is 0 Å². The third kappa shape index (κ3) is 3.60. The van der Waals surface area contributed by atoms with Crippen molar-refractivity contribution in [2.45, 2.75) is 64.0 Å². The number of carbonyl (C=O) groups is 2. The SMILES string of the molecule is CC(=O)N1CC[C@H]2[C@H]1CCCCCN2C(=O)CCc1c[nH]c2ccccc12. The van der Waals surface area contributed by atoms with Gasteiger partial charge in [-0.05, 0) is 37.3 Å². The van der Waals surface area contributed by atoms with Crippen LogP contribution in [0.2, 0.25) is 0 Å². The normalized spacial score (nSPS) is 23.1. The summed E-state index contributed by atoms with van der Waals surface area (Å²) in [6, 6.07) is 8.65. The van der Waals surface area contributed by atoms with E-state index < -0.39 is 0 Å². The zero-order valence-corrected chi connectivity index (χ0v) is 16.1. The molecule has 2 atom stereocenters. The topological polar surface area (TPSA) is 56.4 Å². The van der Waals surface area contributed by atoms with Gasteiger partial charge in [0.25, 0.3) is 0 Å². The maximum atomic E-state index is 13.1. The van der Waals surface area contributed by atoms with Crippen LogP contribution >= 0.6 is 0 Å². The van der Waals surface area contributed by atoms with E-state index in [-0.39, 0.29) is 23.9 Å². The first-order valence-corrected chi connectivity index (χ1v) is 10.3. The first-order chi connectivity index (χ1) is 13.1. The largest absolute Gasteiger partial charge is 0.361 e. The van der Waals surface area contributed by atoms with Gasteiger partial charge in [-0.1, -0.05) is 31.0 Å². The average Bonchev–Trinajstić information content (AvgIpc) is 3.24. The summed E-state index contributed by atoms with van der Waals surface area (Å²) in [7, 11) is 0. The van der Waals surface area contributed by atoms with Crippen molar-refractivity contribution in [2.24, 2.45) is 0 Å². The molecule has 0 saturated carbocycles. The molecular formula is C22H29N3O2. The lowest BCUT2D eigenvalue weighted by Crippen LogP contribution is -2.50. The predicted molar refractivity (Wildman–Crippen MR) is 106 cm³/mol. The van der Waals surface area contributed by atoms with E-state index in [4.69, 9.17) is 0 Å². The summed E-state index contributed by atoms with van der Waals surface area (Å²) in [6.45, 7) is 3.28. The highest BCUT2D eigenvalue weighted by atomic mass is 16.2. The van der Waals surface area contributed by atoms with E-state index in [2.05, 4.69) is 22.0 Å². The first kappa shape index (κ1) is 18.1. The van der Waals surface area contributed by atoms with E-state index in [1.165, 1.54) is 10.9 Å². The molecule has 144 valence electrons. The third-order valence-electron chi connectivity index (χ3n) is 6.32. The summed E-state index contributed by atoms with van der Waals surface area (Å²) >= 11 is 0. The van der Waals surface area contributed by atoms with E-state index >= 15 is 0 Å². The lowest BCUT2D eigenvalue weighted by Gasteiger charge is -2.37. The molecule has 2 aliphatic heterocycles. The monoisotopic (exact) mass is 367 g/mol. The molecule has 1 N–H and O–H groups in total. The number of amides is 2. The Labute approximate surface area is 160 Å². The van der Waals surface area contributed by atoms with Gasteiger partial charge in [-0.15, -0.1) is 0 Å². The highest BCUT2D eigenvalue weighted by molar-refractivity contribution is 5.84. The summed E-state index contributed by atoms with van der Waals surface area (Å²) in [5.41, 5.74) is 2.33. The summed E-state index contributed by atoms with van der Waals surface area (Å²) in [5.74, 6) is 0.386. The number of hydrogen-bond acceptors (Lipinski definition) is 2. The fourth-order valence-corrected chi connectivity index (χ4v) is 4.95. The molecule has 1 aromatic carbocycles. The number of nitrogens with one attached hydrogen (secondary N) is 1. The van der Waals surface area contributed by atoms with Crippen molar-refractivity contribution in [2.75, 3.05) is 13.1 Å². The number of rotatable bonds is 3. The van der Waals surface area contributed by atoms with E-state index in [1.54, 1.807) is 6.92 Å². The molecule has 5 heteroatoms. The Balaban J connectivity index is 1.47. The molecular weight excluding hydrogens is 338 g/mol. The number of aromatic amines is 1. The Morgan fingerprint density at radius 1 is 1.04 bits per heavy atom. The van der Waals surface area contributed by atoms with E-state index in [1.807, 2.05) is 23.2 Å². The van der Waals surface area contributed by atoms with Gasteiger partial charge in [-0.3, -0.25) is 9.59 Å². The van der Waals surface area contributed by atoms with Crippen molar-refractivity contribution >= 4 is 22.7 Å². The van der Waals surface area contributed by atoms with E-state index in [9.17, 15) is 9.59 Å². The summed E-state index contributed by atoms with van der Waals surface area (Å²) in [4.78, 5) is 32.5. The van der Waals surface area contributed by atoms with Gasteiger partial charge < -0.3 is 14.8 Å². The van der Waals surface area contributed by atoms with Crippen LogP contribution in [0.3, 0.4) is 0 Å². The van der Waals surface area contributed by atoms with Crippen LogP contribution in [0, 0.1) is 0 Å². The maximum Gasteiger partial charge on any atom is 0.223 e. The molecule has 0 unspecified atom stereocenters. The molecule has 0 radical (unpaired) electrons. The Morgan fingerprint density at radius 3 is 2.70 bits per heavy atom. The van der Waals surface area contributed by atoms with Gasteiger partial charge in [0, 0.05) is 43.5 Å². The number of hydrogen-bond donors (Lipinski definition) is 1. The highest BCUT2D eigenvalue weighted by Crippen LogP contribution is 2.30. The molecule has 3 heterocycles. The Morgan fingerprint density at radius 2 is 1.85 bits per heavy atom. The van der Waals surface area contributed by atoms with Crippen molar-refractivity contribution in [3.05, 3.63) is 36.0 Å².